The molecule has 0 aromatic rings. The summed E-state index contributed by atoms with van der Waals surface area (Å²) in [6.45, 7) is 15.0. The van der Waals surface area contributed by atoms with Crippen LogP contribution in [0.5, 0.6) is 0 Å². The van der Waals surface area contributed by atoms with Crippen molar-refractivity contribution in [2.45, 2.75) is 60.5 Å². The first-order valence-electron chi connectivity index (χ1n) is 6.44. The first-order chi connectivity index (χ1) is 7.62. The quantitative estimate of drug-likeness (QED) is 0.749. The zero-order valence-electron chi connectivity index (χ0n) is 13.3. The molecule has 0 heterocycles. The Hall–Kier alpha value is -0.0900. The van der Waals surface area contributed by atoms with Crippen LogP contribution in [-0.4, -0.2) is 32.6 Å². The number of rotatable bonds is 6. The summed E-state index contributed by atoms with van der Waals surface area (Å²) in [5, 5.41) is 0. The van der Waals surface area contributed by atoms with Gasteiger partial charge in [-0.05, 0) is 38.0 Å². The van der Waals surface area contributed by atoms with E-state index in [2.05, 4.69) is 13.8 Å². The summed E-state index contributed by atoms with van der Waals surface area (Å²) >= 11 is 0. The molecule has 0 saturated heterocycles. The van der Waals surface area contributed by atoms with Gasteiger partial charge in [-0.15, -0.1) is 0 Å². The van der Waals surface area contributed by atoms with Gasteiger partial charge in [-0.2, -0.15) is 0 Å². The molecule has 4 heteroatoms. The highest BCUT2D eigenvalue weighted by atomic mass is 32.2. The molecule has 0 aliphatic heterocycles. The standard InChI is InChI=1S/C14H30O3S/c1-12(2,3)17-10-13(4,5)9-14(6,7)11-18(8,15)16/h9-11H2,1-8H3. The fourth-order valence-corrected chi connectivity index (χ4v) is 4.04. The van der Waals surface area contributed by atoms with Crippen LogP contribution in [0.3, 0.4) is 0 Å². The minimum atomic E-state index is -2.94. The van der Waals surface area contributed by atoms with E-state index in [0.717, 1.165) is 6.42 Å². The van der Waals surface area contributed by atoms with Gasteiger partial charge < -0.3 is 4.74 Å². The molecule has 110 valence electrons. The highest BCUT2D eigenvalue weighted by Gasteiger charge is 2.32. The first kappa shape index (κ1) is 17.9. The highest BCUT2D eigenvalue weighted by molar-refractivity contribution is 7.90. The molecule has 0 aliphatic rings. The molecule has 0 saturated carbocycles. The van der Waals surface area contributed by atoms with E-state index in [4.69, 9.17) is 4.74 Å². The molecule has 0 unspecified atom stereocenters. The molecule has 0 atom stereocenters. The van der Waals surface area contributed by atoms with E-state index in [1.165, 1.54) is 6.26 Å². The molecule has 0 N–H and O–H groups in total. The molecule has 0 aromatic heterocycles. The van der Waals surface area contributed by atoms with E-state index >= 15 is 0 Å². The van der Waals surface area contributed by atoms with Crippen molar-refractivity contribution in [1.82, 2.24) is 0 Å². The van der Waals surface area contributed by atoms with Crippen LogP contribution < -0.4 is 0 Å². The summed E-state index contributed by atoms with van der Waals surface area (Å²) in [7, 11) is -2.94. The summed E-state index contributed by atoms with van der Waals surface area (Å²) in [6.07, 6.45) is 2.12. The van der Waals surface area contributed by atoms with Gasteiger partial charge in [0.1, 0.15) is 9.84 Å². The van der Waals surface area contributed by atoms with Crippen LogP contribution in [0.2, 0.25) is 0 Å². The van der Waals surface area contributed by atoms with Crippen LogP contribution >= 0.6 is 0 Å². The molecule has 0 radical (unpaired) electrons. The van der Waals surface area contributed by atoms with E-state index < -0.39 is 9.84 Å². The second kappa shape index (κ2) is 5.49. The molecular weight excluding hydrogens is 248 g/mol. The lowest BCUT2D eigenvalue weighted by atomic mass is 9.76. The van der Waals surface area contributed by atoms with E-state index in [-0.39, 0.29) is 22.2 Å². The average Bonchev–Trinajstić information content (AvgIpc) is 1.91. The van der Waals surface area contributed by atoms with Gasteiger partial charge in [0, 0.05) is 6.26 Å². The zero-order chi connectivity index (χ0) is 14.8. The van der Waals surface area contributed by atoms with Crippen molar-refractivity contribution >= 4 is 9.84 Å². The Morgan fingerprint density at radius 3 is 1.67 bits per heavy atom. The number of hydrogen-bond acceptors (Lipinski definition) is 3. The normalized spacial score (nSPS) is 14.9. The Kier molecular flexibility index (Phi) is 5.47. The third-order valence-electron chi connectivity index (χ3n) is 2.51. The summed E-state index contributed by atoms with van der Waals surface area (Å²) in [5.41, 5.74) is -0.405. The van der Waals surface area contributed by atoms with Crippen LogP contribution in [0.15, 0.2) is 0 Å². The highest BCUT2D eigenvalue weighted by Crippen LogP contribution is 2.35. The average molecular weight is 278 g/mol. The molecule has 0 aromatic carbocycles. The monoisotopic (exact) mass is 278 g/mol. The Morgan fingerprint density at radius 1 is 0.889 bits per heavy atom. The van der Waals surface area contributed by atoms with Gasteiger partial charge >= 0.3 is 0 Å². The third kappa shape index (κ3) is 9.89. The molecular formula is C14H30O3S. The summed E-state index contributed by atoms with van der Waals surface area (Å²) < 4.78 is 28.7. The van der Waals surface area contributed by atoms with E-state index in [1.54, 1.807) is 0 Å². The van der Waals surface area contributed by atoms with Crippen molar-refractivity contribution in [2.24, 2.45) is 10.8 Å². The van der Waals surface area contributed by atoms with Gasteiger partial charge in [-0.1, -0.05) is 27.7 Å². The van der Waals surface area contributed by atoms with Crippen molar-refractivity contribution in [3.8, 4) is 0 Å². The smallest absolute Gasteiger partial charge is 0.147 e. The Morgan fingerprint density at radius 2 is 1.33 bits per heavy atom. The summed E-state index contributed by atoms with van der Waals surface area (Å²) in [5.74, 6) is 0.221. The predicted octanol–water partition coefficient (Wildman–Crippen LogP) is 3.29. The summed E-state index contributed by atoms with van der Waals surface area (Å²) in [4.78, 5) is 0. The Bertz CT molecular complexity index is 359. The molecule has 0 spiro atoms. The van der Waals surface area contributed by atoms with Crippen LogP contribution in [-0.2, 0) is 14.6 Å². The van der Waals surface area contributed by atoms with Gasteiger partial charge in [-0.3, -0.25) is 0 Å². The molecule has 0 aliphatic carbocycles. The Balaban J connectivity index is 4.56. The van der Waals surface area contributed by atoms with Crippen molar-refractivity contribution in [2.75, 3.05) is 18.6 Å². The van der Waals surface area contributed by atoms with Crippen molar-refractivity contribution < 1.29 is 13.2 Å². The second-order valence-corrected chi connectivity index (χ2v) is 10.1. The zero-order valence-corrected chi connectivity index (χ0v) is 14.1. The maximum Gasteiger partial charge on any atom is 0.147 e. The fourth-order valence-electron chi connectivity index (χ4n) is 2.52. The maximum absolute atomic E-state index is 11.4. The van der Waals surface area contributed by atoms with Crippen LogP contribution in [0.25, 0.3) is 0 Å². The molecule has 0 amide bonds. The van der Waals surface area contributed by atoms with Gasteiger partial charge in [0.15, 0.2) is 0 Å². The fraction of sp³-hybridized carbons (Fsp3) is 1.00. The lowest BCUT2D eigenvalue weighted by Gasteiger charge is -2.36. The predicted molar refractivity (Wildman–Crippen MR) is 77.6 cm³/mol. The van der Waals surface area contributed by atoms with Gasteiger partial charge in [0.2, 0.25) is 0 Å². The topological polar surface area (TPSA) is 43.4 Å². The second-order valence-electron chi connectivity index (χ2n) is 7.98. The number of hydrogen-bond donors (Lipinski definition) is 0. The molecule has 0 rings (SSSR count). The first-order valence-corrected chi connectivity index (χ1v) is 8.50. The van der Waals surface area contributed by atoms with Crippen LogP contribution in [0.4, 0.5) is 0 Å². The van der Waals surface area contributed by atoms with Crippen molar-refractivity contribution in [3.05, 3.63) is 0 Å². The largest absolute Gasteiger partial charge is 0.375 e. The minimum Gasteiger partial charge on any atom is -0.375 e. The van der Waals surface area contributed by atoms with Gasteiger partial charge in [-0.25, -0.2) is 8.42 Å². The van der Waals surface area contributed by atoms with Crippen molar-refractivity contribution in [3.63, 3.8) is 0 Å². The van der Waals surface area contributed by atoms with Crippen LogP contribution in [0.1, 0.15) is 54.9 Å². The van der Waals surface area contributed by atoms with Crippen LogP contribution in [0, 0.1) is 10.8 Å². The lowest BCUT2D eigenvalue weighted by molar-refractivity contribution is -0.0519. The summed E-state index contributed by atoms with van der Waals surface area (Å²) in [6, 6.07) is 0. The van der Waals surface area contributed by atoms with E-state index in [9.17, 15) is 8.42 Å². The SMILES string of the molecule is CC(C)(COC(C)(C)C)CC(C)(C)CS(C)(=O)=O. The molecule has 0 bridgehead atoms. The molecule has 18 heavy (non-hydrogen) atoms. The van der Waals surface area contributed by atoms with Gasteiger partial charge in [0.05, 0.1) is 18.0 Å². The third-order valence-corrected chi connectivity index (χ3v) is 3.81. The molecule has 0 fully saturated rings. The van der Waals surface area contributed by atoms with E-state index in [1.807, 2.05) is 34.6 Å². The van der Waals surface area contributed by atoms with Gasteiger partial charge in [0.25, 0.3) is 0 Å². The lowest BCUT2D eigenvalue weighted by Crippen LogP contribution is -2.34. The number of ether oxygens (including phenoxy) is 1. The Labute approximate surface area is 113 Å². The van der Waals surface area contributed by atoms with Crippen molar-refractivity contribution in [1.29, 1.82) is 0 Å². The molecule has 3 nitrogen and oxygen atoms in total. The minimum absolute atomic E-state index is 0.0263. The maximum atomic E-state index is 11.4. The number of sulfone groups is 1. The van der Waals surface area contributed by atoms with E-state index in [0.29, 0.717) is 6.61 Å².